The van der Waals surface area contributed by atoms with Crippen molar-refractivity contribution in [3.8, 4) is 5.75 Å². The van der Waals surface area contributed by atoms with E-state index in [1.165, 1.54) is 0 Å². The number of amides is 2. The van der Waals surface area contributed by atoms with Gasteiger partial charge in [-0.15, -0.1) is 0 Å². The molecule has 0 heterocycles. The van der Waals surface area contributed by atoms with Crippen molar-refractivity contribution in [2.45, 2.75) is 45.3 Å². The van der Waals surface area contributed by atoms with Crippen LogP contribution in [0.25, 0.3) is 0 Å². The Bertz CT molecular complexity index is 519. The fraction of sp³-hybridized carbons (Fsp3) is 0.588. The monoisotopic (exact) mass is 306 g/mol. The van der Waals surface area contributed by atoms with Gasteiger partial charge in [0.1, 0.15) is 5.75 Å². The fourth-order valence-electron chi connectivity index (χ4n) is 2.99. The van der Waals surface area contributed by atoms with Crippen molar-refractivity contribution in [2.75, 3.05) is 13.7 Å². The second-order valence-corrected chi connectivity index (χ2v) is 6.15. The summed E-state index contributed by atoms with van der Waals surface area (Å²) >= 11 is 0. The third-order valence-corrected chi connectivity index (χ3v) is 4.26. The number of aliphatic hydroxyl groups is 1. The van der Waals surface area contributed by atoms with Gasteiger partial charge in [-0.2, -0.15) is 0 Å². The van der Waals surface area contributed by atoms with E-state index in [2.05, 4.69) is 10.6 Å². The molecule has 1 aromatic carbocycles. The summed E-state index contributed by atoms with van der Waals surface area (Å²) in [6, 6.07) is 5.61. The summed E-state index contributed by atoms with van der Waals surface area (Å²) in [6.45, 7) is 4.57. The topological polar surface area (TPSA) is 70.6 Å². The van der Waals surface area contributed by atoms with Gasteiger partial charge in [-0.05, 0) is 45.1 Å². The Kier molecular flexibility index (Phi) is 5.66. The maximum atomic E-state index is 12.0. The first-order chi connectivity index (χ1) is 10.5. The van der Waals surface area contributed by atoms with Crippen molar-refractivity contribution in [1.29, 1.82) is 0 Å². The van der Waals surface area contributed by atoms with E-state index in [0.29, 0.717) is 12.5 Å². The average molecular weight is 306 g/mol. The lowest BCUT2D eigenvalue weighted by molar-refractivity contribution is 0.177. The summed E-state index contributed by atoms with van der Waals surface area (Å²) in [5.41, 5.74) is 2.10. The SMILES string of the molecule is COc1ccc(C)cc1[C@H](C)NC(=O)NC[C@@H]1CC[C@H](O)C1. The van der Waals surface area contributed by atoms with Crippen molar-refractivity contribution >= 4 is 6.03 Å². The van der Waals surface area contributed by atoms with Crippen LogP contribution in [0.4, 0.5) is 4.79 Å². The van der Waals surface area contributed by atoms with Crippen LogP contribution in [0.1, 0.15) is 43.4 Å². The maximum Gasteiger partial charge on any atom is 0.315 e. The zero-order valence-corrected chi connectivity index (χ0v) is 13.6. The lowest BCUT2D eigenvalue weighted by Crippen LogP contribution is -2.39. The molecule has 0 unspecified atom stereocenters. The first-order valence-corrected chi connectivity index (χ1v) is 7.86. The molecule has 5 nitrogen and oxygen atoms in total. The molecule has 2 rings (SSSR count). The van der Waals surface area contributed by atoms with Gasteiger partial charge in [-0.3, -0.25) is 0 Å². The predicted octanol–water partition coefficient (Wildman–Crippen LogP) is 2.52. The molecule has 2 amide bonds. The van der Waals surface area contributed by atoms with E-state index < -0.39 is 0 Å². The summed E-state index contributed by atoms with van der Waals surface area (Å²) < 4.78 is 5.36. The fourth-order valence-corrected chi connectivity index (χ4v) is 2.99. The van der Waals surface area contributed by atoms with E-state index in [1.807, 2.05) is 32.0 Å². The van der Waals surface area contributed by atoms with Crippen molar-refractivity contribution in [1.82, 2.24) is 10.6 Å². The molecule has 3 atom stereocenters. The van der Waals surface area contributed by atoms with Crippen molar-refractivity contribution in [3.63, 3.8) is 0 Å². The summed E-state index contributed by atoms with van der Waals surface area (Å²) in [4.78, 5) is 12.0. The van der Waals surface area contributed by atoms with E-state index in [1.54, 1.807) is 7.11 Å². The predicted molar refractivity (Wildman–Crippen MR) is 86.0 cm³/mol. The van der Waals surface area contributed by atoms with Gasteiger partial charge in [0, 0.05) is 12.1 Å². The lowest BCUT2D eigenvalue weighted by atomic mass is 10.0. The number of methoxy groups -OCH3 is 1. The van der Waals surface area contributed by atoms with Crippen LogP contribution in [0.15, 0.2) is 18.2 Å². The largest absolute Gasteiger partial charge is 0.496 e. The highest BCUT2D eigenvalue weighted by Crippen LogP contribution is 2.26. The van der Waals surface area contributed by atoms with E-state index in [9.17, 15) is 9.90 Å². The molecule has 22 heavy (non-hydrogen) atoms. The molecule has 0 aliphatic heterocycles. The number of rotatable bonds is 5. The van der Waals surface area contributed by atoms with Gasteiger partial charge < -0.3 is 20.5 Å². The van der Waals surface area contributed by atoms with Crippen LogP contribution >= 0.6 is 0 Å². The lowest BCUT2D eigenvalue weighted by Gasteiger charge is -2.19. The number of urea groups is 1. The molecule has 122 valence electrons. The Labute approximate surface area is 132 Å². The second kappa shape index (κ2) is 7.49. The summed E-state index contributed by atoms with van der Waals surface area (Å²) in [5.74, 6) is 1.15. The normalized spacial score (nSPS) is 22.2. The number of aryl methyl sites for hydroxylation is 1. The van der Waals surface area contributed by atoms with Gasteiger partial charge in [0.25, 0.3) is 0 Å². The van der Waals surface area contributed by atoms with E-state index in [-0.39, 0.29) is 18.2 Å². The molecule has 0 aromatic heterocycles. The van der Waals surface area contributed by atoms with Gasteiger partial charge in [0.15, 0.2) is 0 Å². The average Bonchev–Trinajstić information content (AvgIpc) is 2.90. The number of hydrogen-bond acceptors (Lipinski definition) is 3. The molecule has 0 radical (unpaired) electrons. The number of carbonyl (C=O) groups excluding carboxylic acids is 1. The van der Waals surface area contributed by atoms with Crippen LogP contribution in [0.5, 0.6) is 5.75 Å². The molecule has 0 saturated heterocycles. The number of hydrogen-bond donors (Lipinski definition) is 3. The van der Waals surface area contributed by atoms with Gasteiger partial charge in [0.05, 0.1) is 19.3 Å². The molecule has 1 aliphatic rings. The molecule has 1 fully saturated rings. The summed E-state index contributed by atoms with van der Waals surface area (Å²) in [7, 11) is 1.63. The number of benzene rings is 1. The highest BCUT2D eigenvalue weighted by atomic mass is 16.5. The van der Waals surface area contributed by atoms with E-state index >= 15 is 0 Å². The van der Waals surface area contributed by atoms with Crippen LogP contribution in [0.3, 0.4) is 0 Å². The molecular formula is C17H26N2O3. The zero-order valence-electron chi connectivity index (χ0n) is 13.6. The smallest absolute Gasteiger partial charge is 0.315 e. The summed E-state index contributed by atoms with van der Waals surface area (Å²) in [6.07, 6.45) is 2.39. The minimum Gasteiger partial charge on any atom is -0.496 e. The number of carbonyl (C=O) groups is 1. The molecule has 1 aromatic rings. The van der Waals surface area contributed by atoms with Gasteiger partial charge >= 0.3 is 6.03 Å². The molecule has 0 spiro atoms. The Morgan fingerprint density at radius 2 is 2.23 bits per heavy atom. The molecule has 5 heteroatoms. The number of aliphatic hydroxyl groups excluding tert-OH is 1. The number of nitrogens with one attached hydrogen (secondary N) is 2. The quantitative estimate of drug-likeness (QED) is 0.783. The van der Waals surface area contributed by atoms with Crippen LogP contribution in [0.2, 0.25) is 0 Å². The Morgan fingerprint density at radius 3 is 2.86 bits per heavy atom. The molecule has 1 aliphatic carbocycles. The maximum absolute atomic E-state index is 12.0. The minimum absolute atomic E-state index is 0.135. The third kappa shape index (κ3) is 4.37. The Morgan fingerprint density at radius 1 is 1.45 bits per heavy atom. The van der Waals surface area contributed by atoms with Crippen molar-refractivity contribution < 1.29 is 14.6 Å². The minimum atomic E-state index is -0.203. The van der Waals surface area contributed by atoms with Crippen LogP contribution in [-0.4, -0.2) is 30.9 Å². The molecule has 1 saturated carbocycles. The molecule has 3 N–H and O–H groups in total. The van der Waals surface area contributed by atoms with Gasteiger partial charge in [-0.25, -0.2) is 4.79 Å². The van der Waals surface area contributed by atoms with Crippen LogP contribution in [-0.2, 0) is 0 Å². The van der Waals surface area contributed by atoms with E-state index in [0.717, 1.165) is 36.1 Å². The van der Waals surface area contributed by atoms with Crippen LogP contribution in [0, 0.1) is 12.8 Å². The standard InChI is InChI=1S/C17H26N2O3/c1-11-4-7-16(22-3)15(8-11)12(2)19-17(21)18-10-13-5-6-14(20)9-13/h4,7-8,12-14,20H,5-6,9-10H2,1-3H3,(H2,18,19,21)/t12-,13+,14-/m0/s1. The second-order valence-electron chi connectivity index (χ2n) is 6.15. The third-order valence-electron chi connectivity index (χ3n) is 4.26. The van der Waals surface area contributed by atoms with Gasteiger partial charge in [-0.1, -0.05) is 17.7 Å². The van der Waals surface area contributed by atoms with Crippen molar-refractivity contribution in [2.24, 2.45) is 5.92 Å². The van der Waals surface area contributed by atoms with E-state index in [4.69, 9.17) is 4.74 Å². The number of ether oxygens (including phenoxy) is 1. The molecular weight excluding hydrogens is 280 g/mol. The first kappa shape index (κ1) is 16.6. The van der Waals surface area contributed by atoms with Gasteiger partial charge in [0.2, 0.25) is 0 Å². The van der Waals surface area contributed by atoms with Crippen LogP contribution < -0.4 is 15.4 Å². The molecule has 0 bridgehead atoms. The summed E-state index contributed by atoms with van der Waals surface area (Å²) in [5, 5.41) is 15.3. The Hall–Kier alpha value is -1.75. The highest BCUT2D eigenvalue weighted by molar-refractivity contribution is 5.74. The Balaban J connectivity index is 1.87. The zero-order chi connectivity index (χ0) is 16.1. The highest BCUT2D eigenvalue weighted by Gasteiger charge is 2.23. The van der Waals surface area contributed by atoms with Crippen molar-refractivity contribution in [3.05, 3.63) is 29.3 Å². The first-order valence-electron chi connectivity index (χ1n) is 7.86.